The number of fused-ring (bicyclic) bond motifs is 2. The zero-order valence-corrected chi connectivity index (χ0v) is 27.5. The number of aryl methyl sites for hydroxylation is 1. The quantitative estimate of drug-likeness (QED) is 0.333. The van der Waals surface area contributed by atoms with E-state index in [0.29, 0.717) is 53.4 Å². The number of aromatic nitrogens is 2. The van der Waals surface area contributed by atoms with Gasteiger partial charge in [-0.3, -0.25) is 14.2 Å². The Morgan fingerprint density at radius 2 is 1.84 bits per heavy atom. The van der Waals surface area contributed by atoms with Crippen LogP contribution in [0.2, 0.25) is 0 Å². The molecule has 3 aromatic rings. The van der Waals surface area contributed by atoms with Crippen LogP contribution in [0.5, 0.6) is 0 Å². The van der Waals surface area contributed by atoms with Gasteiger partial charge >= 0.3 is 0 Å². The van der Waals surface area contributed by atoms with E-state index in [1.165, 1.54) is 16.9 Å². The van der Waals surface area contributed by atoms with Gasteiger partial charge in [-0.25, -0.2) is 4.98 Å². The van der Waals surface area contributed by atoms with E-state index in [4.69, 9.17) is 4.98 Å². The first-order valence-electron chi connectivity index (χ1n) is 15.7. The van der Waals surface area contributed by atoms with E-state index >= 15 is 0 Å². The lowest BCUT2D eigenvalue weighted by molar-refractivity contribution is 0.0696. The lowest BCUT2D eigenvalue weighted by atomic mass is 9.95. The van der Waals surface area contributed by atoms with Crippen molar-refractivity contribution in [2.24, 2.45) is 0 Å². The highest BCUT2D eigenvalue weighted by atomic mass is 32.1. The second kappa shape index (κ2) is 12.4. The summed E-state index contributed by atoms with van der Waals surface area (Å²) in [5, 5.41) is 6.28. The minimum atomic E-state index is -0.131. The zero-order valence-electron chi connectivity index (χ0n) is 26.7. The molecule has 2 aliphatic heterocycles. The van der Waals surface area contributed by atoms with Crippen molar-refractivity contribution >= 4 is 29.0 Å². The Morgan fingerprint density at radius 3 is 2.48 bits per heavy atom. The van der Waals surface area contributed by atoms with Gasteiger partial charge in [0.15, 0.2) is 0 Å². The van der Waals surface area contributed by atoms with Crippen LogP contribution in [0.1, 0.15) is 68.1 Å². The van der Waals surface area contributed by atoms with E-state index in [2.05, 4.69) is 74.6 Å². The zero-order chi connectivity index (χ0) is 31.1. The maximum absolute atomic E-state index is 14.8. The minimum Gasteiger partial charge on any atom is -0.335 e. The predicted octanol–water partition coefficient (Wildman–Crippen LogP) is 6.46. The fourth-order valence-corrected chi connectivity index (χ4v) is 7.49. The summed E-state index contributed by atoms with van der Waals surface area (Å²) in [5.41, 5.74) is 7.70. The molecule has 0 saturated carbocycles. The number of nitrogens with zero attached hydrogens (tertiary/aromatic N) is 4. The van der Waals surface area contributed by atoms with E-state index < -0.39 is 0 Å². The van der Waals surface area contributed by atoms with Crippen LogP contribution in [0.15, 0.2) is 63.8 Å². The molecule has 2 saturated heterocycles. The average Bonchev–Trinajstić information content (AvgIpc) is 3.62. The predicted molar refractivity (Wildman–Crippen MR) is 182 cm³/mol. The number of benzene rings is 1. The summed E-state index contributed by atoms with van der Waals surface area (Å²) in [7, 11) is 4.13. The van der Waals surface area contributed by atoms with Crippen LogP contribution in [-0.4, -0.2) is 70.6 Å². The molecule has 1 aliphatic carbocycles. The normalized spacial score (nSPS) is 21.3. The summed E-state index contributed by atoms with van der Waals surface area (Å²) < 4.78 is 1.85. The van der Waals surface area contributed by atoms with Crippen molar-refractivity contribution in [2.45, 2.75) is 71.5 Å². The first-order valence-corrected chi connectivity index (χ1v) is 16.6. The SMILES string of the molecule is CCC1=C(n2c(C=C(C)C)c(C(=O)N3CC4CCC(C3)N4)cc(-c3nc(-c4ccc(C)cc4)cs3)c2=O)C[C@@H](N(C)C)C=C1. The number of hydrogen-bond donors (Lipinski definition) is 1. The number of nitrogens with one attached hydrogen (secondary N) is 1. The molecule has 1 amide bonds. The number of carbonyl (C=O) groups excluding carboxylic acids is 1. The Kier molecular flexibility index (Phi) is 8.59. The van der Waals surface area contributed by atoms with E-state index in [1.54, 1.807) is 0 Å². The van der Waals surface area contributed by atoms with Gasteiger partial charge in [0.05, 0.1) is 22.5 Å². The fourth-order valence-electron chi connectivity index (χ4n) is 6.66. The molecule has 3 aliphatic rings. The molecule has 0 radical (unpaired) electrons. The Labute approximate surface area is 264 Å². The molecule has 4 heterocycles. The summed E-state index contributed by atoms with van der Waals surface area (Å²) in [4.78, 5) is 38.4. The van der Waals surface area contributed by atoms with Crippen LogP contribution in [0.3, 0.4) is 0 Å². The standard InChI is InChI=1S/C36H43N5O2S/c1-7-24-12-15-28(39(5)6)17-32(24)41-33(16-22(2)3)29(35(42)40-19-26-13-14-27(20-40)37-26)18-30(36(41)43)34-38-31(21-44-34)25-10-8-23(4)9-11-25/h8-12,15-16,18,21,26-28,37H,7,13-14,17,19-20H2,1-6H3/t26?,27?,28-/m0/s1. The third kappa shape index (κ3) is 5.91. The van der Waals surface area contributed by atoms with Crippen molar-refractivity contribution in [3.8, 4) is 21.8 Å². The summed E-state index contributed by atoms with van der Waals surface area (Å²) in [6, 6.07) is 10.9. The van der Waals surface area contributed by atoms with Gasteiger partial charge < -0.3 is 15.1 Å². The number of rotatable bonds is 7. The second-order valence-corrected chi connectivity index (χ2v) is 13.7. The Bertz CT molecular complexity index is 1710. The Balaban J connectivity index is 1.58. The van der Waals surface area contributed by atoms with Gasteiger partial charge in [-0.2, -0.15) is 0 Å². The molecular formula is C36H43N5O2S. The van der Waals surface area contributed by atoms with Crippen LogP contribution in [-0.2, 0) is 0 Å². The van der Waals surface area contributed by atoms with Gasteiger partial charge in [0, 0.05) is 54.3 Å². The molecule has 2 fully saturated rings. The Morgan fingerprint density at radius 1 is 1.14 bits per heavy atom. The van der Waals surface area contributed by atoms with Gasteiger partial charge in [0.1, 0.15) is 5.01 Å². The molecule has 3 atom stereocenters. The number of likely N-dealkylation sites (N-methyl/N-ethyl adjacent to an activating group) is 1. The average molecular weight is 610 g/mol. The van der Waals surface area contributed by atoms with Crippen LogP contribution in [0.25, 0.3) is 33.6 Å². The second-order valence-electron chi connectivity index (χ2n) is 12.9. The topological polar surface area (TPSA) is 70.5 Å². The van der Waals surface area contributed by atoms with Crippen molar-refractivity contribution in [2.75, 3.05) is 27.2 Å². The number of thiazole rings is 1. The number of likely N-dealkylation sites (tertiary alicyclic amines) is 1. The molecule has 8 heteroatoms. The van der Waals surface area contributed by atoms with Gasteiger partial charge in [0.25, 0.3) is 11.5 Å². The monoisotopic (exact) mass is 609 g/mol. The number of pyridine rings is 1. The van der Waals surface area contributed by atoms with Gasteiger partial charge in [-0.15, -0.1) is 11.3 Å². The number of amides is 1. The lowest BCUT2D eigenvalue weighted by Gasteiger charge is -2.34. The molecule has 6 rings (SSSR count). The summed E-state index contributed by atoms with van der Waals surface area (Å²) in [5.74, 6) is -0.0182. The van der Waals surface area contributed by atoms with Gasteiger partial charge in [-0.1, -0.05) is 54.5 Å². The van der Waals surface area contributed by atoms with Crippen LogP contribution < -0.4 is 10.9 Å². The first-order chi connectivity index (χ1) is 21.1. The molecule has 1 N–H and O–H groups in total. The van der Waals surface area contributed by atoms with Crippen LogP contribution in [0, 0.1) is 6.92 Å². The minimum absolute atomic E-state index is 0.0182. The molecule has 2 bridgehead atoms. The van der Waals surface area contributed by atoms with Gasteiger partial charge in [-0.05, 0) is 71.8 Å². The maximum Gasteiger partial charge on any atom is 0.265 e. The van der Waals surface area contributed by atoms with E-state index in [1.807, 2.05) is 40.8 Å². The molecule has 2 unspecified atom stereocenters. The lowest BCUT2D eigenvalue weighted by Crippen LogP contribution is -2.53. The van der Waals surface area contributed by atoms with E-state index in [0.717, 1.165) is 47.4 Å². The molecule has 1 aromatic carbocycles. The molecule has 0 spiro atoms. The first kappa shape index (κ1) is 30.4. The highest BCUT2D eigenvalue weighted by Crippen LogP contribution is 2.34. The van der Waals surface area contributed by atoms with Crippen molar-refractivity contribution in [3.05, 3.63) is 86.2 Å². The molecule has 44 heavy (non-hydrogen) atoms. The summed E-state index contributed by atoms with van der Waals surface area (Å²) in [6.07, 6.45) is 10.0. The smallest absolute Gasteiger partial charge is 0.265 e. The molecule has 7 nitrogen and oxygen atoms in total. The van der Waals surface area contributed by atoms with Crippen molar-refractivity contribution in [1.82, 2.24) is 24.7 Å². The highest BCUT2D eigenvalue weighted by Gasteiger charge is 2.36. The molecule has 230 valence electrons. The van der Waals surface area contributed by atoms with E-state index in [-0.39, 0.29) is 17.5 Å². The molecular weight excluding hydrogens is 566 g/mol. The summed E-state index contributed by atoms with van der Waals surface area (Å²) in [6.45, 7) is 9.60. The summed E-state index contributed by atoms with van der Waals surface area (Å²) >= 11 is 1.46. The maximum atomic E-state index is 14.8. The Hall–Kier alpha value is -3.59. The van der Waals surface area contributed by atoms with E-state index in [9.17, 15) is 9.59 Å². The van der Waals surface area contributed by atoms with Crippen LogP contribution >= 0.6 is 11.3 Å². The van der Waals surface area contributed by atoms with Crippen molar-refractivity contribution < 1.29 is 4.79 Å². The molecule has 2 aromatic heterocycles. The van der Waals surface area contributed by atoms with Crippen molar-refractivity contribution in [1.29, 1.82) is 0 Å². The number of allylic oxidation sites excluding steroid dienone is 3. The number of piperazine rings is 1. The number of carbonyl (C=O) groups is 1. The van der Waals surface area contributed by atoms with Gasteiger partial charge in [0.2, 0.25) is 0 Å². The fraction of sp³-hybridized carbons (Fsp3) is 0.417. The highest BCUT2D eigenvalue weighted by molar-refractivity contribution is 7.13. The van der Waals surface area contributed by atoms with Crippen molar-refractivity contribution in [3.63, 3.8) is 0 Å². The number of hydrogen-bond acceptors (Lipinski definition) is 6. The largest absolute Gasteiger partial charge is 0.335 e. The third-order valence-electron chi connectivity index (χ3n) is 9.09. The van der Waals surface area contributed by atoms with Crippen LogP contribution in [0.4, 0.5) is 0 Å². The third-order valence-corrected chi connectivity index (χ3v) is 9.96.